The number of aromatic amines is 1. The van der Waals surface area contributed by atoms with E-state index in [2.05, 4.69) is 53.0 Å². The van der Waals surface area contributed by atoms with E-state index < -0.39 is 0 Å². The van der Waals surface area contributed by atoms with Gasteiger partial charge in [0.05, 0.1) is 17.1 Å². The summed E-state index contributed by atoms with van der Waals surface area (Å²) in [7, 11) is 0. The first-order valence-corrected chi connectivity index (χ1v) is 7.60. The van der Waals surface area contributed by atoms with E-state index in [-0.39, 0.29) is 11.9 Å². The minimum atomic E-state index is -0.244. The second-order valence-electron chi connectivity index (χ2n) is 5.51. The van der Waals surface area contributed by atoms with E-state index in [0.717, 1.165) is 29.9 Å². The highest BCUT2D eigenvalue weighted by Gasteiger charge is 2.18. The van der Waals surface area contributed by atoms with E-state index >= 15 is 0 Å². The van der Waals surface area contributed by atoms with Crippen LogP contribution in [0.2, 0.25) is 0 Å². The number of hydrogen-bond acceptors (Lipinski definition) is 2. The third-order valence-electron chi connectivity index (χ3n) is 4.04. The molecule has 1 N–H and O–H groups in total. The molecule has 0 saturated heterocycles. The van der Waals surface area contributed by atoms with Gasteiger partial charge in [0.2, 0.25) is 0 Å². The molecule has 0 aliphatic heterocycles. The number of H-pyrrole nitrogens is 1. The number of benzene rings is 2. The van der Waals surface area contributed by atoms with Crippen LogP contribution in [0.15, 0.2) is 48.5 Å². The van der Waals surface area contributed by atoms with Crippen molar-refractivity contribution in [3.05, 3.63) is 65.7 Å². The average molecular weight is 297 g/mol. The average Bonchev–Trinajstić information content (AvgIpc) is 2.96. The summed E-state index contributed by atoms with van der Waals surface area (Å²) in [5.74, 6) is 0.630. The van der Waals surface area contributed by atoms with Gasteiger partial charge in [-0.05, 0) is 37.2 Å². The fourth-order valence-corrected chi connectivity index (χ4v) is 2.71. The Hall–Kier alpha value is -2.20. The lowest BCUT2D eigenvalue weighted by atomic mass is 10.2. The first-order valence-electron chi connectivity index (χ1n) is 7.60. The zero-order valence-corrected chi connectivity index (χ0v) is 12.9. The molecule has 3 rings (SSSR count). The van der Waals surface area contributed by atoms with E-state index in [1.54, 1.807) is 6.07 Å². The van der Waals surface area contributed by atoms with E-state index in [1.165, 1.54) is 17.7 Å². The first-order chi connectivity index (χ1) is 10.7. The lowest BCUT2D eigenvalue weighted by Gasteiger charge is -2.26. The fraction of sp³-hybridized carbons (Fsp3) is 0.278. The van der Waals surface area contributed by atoms with Crippen molar-refractivity contribution in [2.75, 3.05) is 6.54 Å². The van der Waals surface area contributed by atoms with Gasteiger partial charge < -0.3 is 4.98 Å². The van der Waals surface area contributed by atoms with Gasteiger partial charge in [0.1, 0.15) is 11.6 Å². The molecule has 0 spiro atoms. The second kappa shape index (κ2) is 6.28. The number of rotatable bonds is 5. The molecule has 0 amide bonds. The molecule has 0 bridgehead atoms. The number of halogens is 1. The van der Waals surface area contributed by atoms with Gasteiger partial charge in [-0.2, -0.15) is 0 Å². The maximum atomic E-state index is 13.3. The Morgan fingerprint density at radius 2 is 1.95 bits per heavy atom. The molecule has 3 nitrogen and oxygen atoms in total. The largest absolute Gasteiger partial charge is 0.341 e. The summed E-state index contributed by atoms with van der Waals surface area (Å²) in [6, 6.07) is 15.2. The normalized spacial score (nSPS) is 12.9. The molecule has 22 heavy (non-hydrogen) atoms. The molecule has 0 radical (unpaired) electrons. The summed E-state index contributed by atoms with van der Waals surface area (Å²) >= 11 is 0. The molecule has 3 aromatic rings. The number of hydrogen-bond donors (Lipinski definition) is 1. The molecule has 114 valence electrons. The van der Waals surface area contributed by atoms with Crippen LogP contribution in [0, 0.1) is 5.82 Å². The van der Waals surface area contributed by atoms with Crippen molar-refractivity contribution in [1.82, 2.24) is 14.9 Å². The Balaban J connectivity index is 1.84. The molecule has 1 atom stereocenters. The van der Waals surface area contributed by atoms with Crippen molar-refractivity contribution in [3.63, 3.8) is 0 Å². The maximum absolute atomic E-state index is 13.3. The summed E-state index contributed by atoms with van der Waals surface area (Å²) in [5, 5.41) is 0. The van der Waals surface area contributed by atoms with Gasteiger partial charge in [0.15, 0.2) is 0 Å². The first kappa shape index (κ1) is 14.7. The molecule has 1 unspecified atom stereocenters. The molecular weight excluding hydrogens is 277 g/mol. The van der Waals surface area contributed by atoms with Crippen LogP contribution in [-0.4, -0.2) is 21.4 Å². The Morgan fingerprint density at radius 1 is 1.18 bits per heavy atom. The van der Waals surface area contributed by atoms with Gasteiger partial charge in [-0.25, -0.2) is 9.37 Å². The van der Waals surface area contributed by atoms with Crippen LogP contribution >= 0.6 is 0 Å². The molecule has 2 aromatic carbocycles. The zero-order chi connectivity index (χ0) is 15.5. The SMILES string of the molecule is CCN(Cc1ccccc1)C(C)c1nc2ccc(F)cc2[nH]1. The lowest BCUT2D eigenvalue weighted by Crippen LogP contribution is -2.27. The summed E-state index contributed by atoms with van der Waals surface area (Å²) in [6.07, 6.45) is 0. The highest BCUT2D eigenvalue weighted by atomic mass is 19.1. The number of nitrogens with zero attached hydrogens (tertiary/aromatic N) is 2. The summed E-state index contributed by atoms with van der Waals surface area (Å²) in [4.78, 5) is 10.2. The van der Waals surface area contributed by atoms with Crippen LogP contribution in [-0.2, 0) is 6.54 Å². The van der Waals surface area contributed by atoms with Crippen LogP contribution < -0.4 is 0 Å². The Morgan fingerprint density at radius 3 is 2.68 bits per heavy atom. The van der Waals surface area contributed by atoms with Gasteiger partial charge in [0.25, 0.3) is 0 Å². The Kier molecular flexibility index (Phi) is 4.20. The van der Waals surface area contributed by atoms with Gasteiger partial charge in [-0.1, -0.05) is 37.3 Å². The van der Waals surface area contributed by atoms with Crippen molar-refractivity contribution in [2.45, 2.75) is 26.4 Å². The van der Waals surface area contributed by atoms with E-state index in [9.17, 15) is 4.39 Å². The van der Waals surface area contributed by atoms with Crippen molar-refractivity contribution in [2.24, 2.45) is 0 Å². The maximum Gasteiger partial charge on any atom is 0.125 e. The van der Waals surface area contributed by atoms with Crippen LogP contribution in [0.25, 0.3) is 11.0 Å². The molecule has 4 heteroatoms. The van der Waals surface area contributed by atoms with Gasteiger partial charge >= 0.3 is 0 Å². The number of nitrogens with one attached hydrogen (secondary N) is 1. The highest BCUT2D eigenvalue weighted by Crippen LogP contribution is 2.23. The molecule has 0 aliphatic rings. The summed E-state index contributed by atoms with van der Waals surface area (Å²) in [5.41, 5.74) is 2.83. The van der Waals surface area contributed by atoms with Crippen LogP contribution in [0.4, 0.5) is 4.39 Å². The van der Waals surface area contributed by atoms with Crippen LogP contribution in [0.1, 0.15) is 31.3 Å². The smallest absolute Gasteiger partial charge is 0.125 e. The molecule has 1 heterocycles. The van der Waals surface area contributed by atoms with Gasteiger partial charge in [0, 0.05) is 6.54 Å². The number of imidazole rings is 1. The highest BCUT2D eigenvalue weighted by molar-refractivity contribution is 5.75. The third kappa shape index (κ3) is 3.02. The standard InChI is InChI=1S/C18H20FN3/c1-3-22(12-14-7-5-4-6-8-14)13(2)18-20-16-10-9-15(19)11-17(16)21-18/h4-11,13H,3,12H2,1-2H3,(H,20,21). The zero-order valence-electron chi connectivity index (χ0n) is 12.9. The van der Waals surface area contributed by atoms with E-state index in [4.69, 9.17) is 0 Å². The predicted octanol–water partition coefficient (Wildman–Crippen LogP) is 4.29. The van der Waals surface area contributed by atoms with Crippen molar-refractivity contribution in [3.8, 4) is 0 Å². The minimum absolute atomic E-state index is 0.140. The number of aromatic nitrogens is 2. The topological polar surface area (TPSA) is 31.9 Å². The Labute approximate surface area is 129 Å². The van der Waals surface area contributed by atoms with Crippen LogP contribution in [0.3, 0.4) is 0 Å². The van der Waals surface area contributed by atoms with Crippen molar-refractivity contribution >= 4 is 11.0 Å². The molecule has 0 aliphatic carbocycles. The Bertz CT molecular complexity index is 751. The summed E-state index contributed by atoms with van der Waals surface area (Å²) in [6.45, 7) is 6.05. The molecular formula is C18H20FN3. The molecule has 0 saturated carbocycles. The minimum Gasteiger partial charge on any atom is -0.341 e. The fourth-order valence-electron chi connectivity index (χ4n) is 2.71. The van der Waals surface area contributed by atoms with Gasteiger partial charge in [-0.3, -0.25) is 4.90 Å². The second-order valence-corrected chi connectivity index (χ2v) is 5.51. The van der Waals surface area contributed by atoms with Crippen molar-refractivity contribution in [1.29, 1.82) is 0 Å². The third-order valence-corrected chi connectivity index (χ3v) is 4.04. The number of fused-ring (bicyclic) bond motifs is 1. The predicted molar refractivity (Wildman–Crippen MR) is 87.0 cm³/mol. The lowest BCUT2D eigenvalue weighted by molar-refractivity contribution is 0.206. The van der Waals surface area contributed by atoms with E-state index in [1.807, 2.05) is 6.07 Å². The molecule has 0 fully saturated rings. The van der Waals surface area contributed by atoms with Crippen molar-refractivity contribution < 1.29 is 4.39 Å². The van der Waals surface area contributed by atoms with Gasteiger partial charge in [-0.15, -0.1) is 0 Å². The quantitative estimate of drug-likeness (QED) is 0.762. The molecule has 1 aromatic heterocycles. The van der Waals surface area contributed by atoms with Crippen LogP contribution in [0.5, 0.6) is 0 Å². The summed E-state index contributed by atoms with van der Waals surface area (Å²) < 4.78 is 13.3. The van der Waals surface area contributed by atoms with E-state index in [0.29, 0.717) is 0 Å². The monoisotopic (exact) mass is 297 g/mol.